The molecule has 1 saturated carbocycles. The van der Waals surface area contributed by atoms with Crippen LogP contribution in [0.3, 0.4) is 0 Å². The highest BCUT2D eigenvalue weighted by molar-refractivity contribution is 5.97. The summed E-state index contributed by atoms with van der Waals surface area (Å²) in [5, 5.41) is 11.0. The molecule has 0 atom stereocenters. The van der Waals surface area contributed by atoms with Crippen molar-refractivity contribution in [2.45, 2.75) is 50.9 Å². The minimum atomic E-state index is -4.40. The van der Waals surface area contributed by atoms with Crippen LogP contribution in [-0.2, 0) is 0 Å². The van der Waals surface area contributed by atoms with E-state index in [0.29, 0.717) is 16.5 Å². The first-order valence-electron chi connectivity index (χ1n) is 9.01. The van der Waals surface area contributed by atoms with Crippen LogP contribution in [0, 0.1) is 0 Å². The lowest BCUT2D eigenvalue weighted by Gasteiger charge is -2.22. The van der Waals surface area contributed by atoms with Crippen LogP contribution in [0.5, 0.6) is 5.75 Å². The number of alkyl halides is 5. The fraction of sp³-hybridized carbons (Fsp3) is 0.474. The number of fused-ring (bicyclic) bond motifs is 1. The molecule has 2 aromatic rings. The number of rotatable bonds is 4. The monoisotopic (exact) mass is 420 g/mol. The highest BCUT2D eigenvalue weighted by atomic mass is 19.4. The van der Waals surface area contributed by atoms with E-state index in [9.17, 15) is 26.7 Å². The van der Waals surface area contributed by atoms with Gasteiger partial charge in [0.05, 0.1) is 11.1 Å². The van der Waals surface area contributed by atoms with E-state index in [1.807, 2.05) is 0 Å². The molecule has 1 aromatic heterocycles. The van der Waals surface area contributed by atoms with Gasteiger partial charge in [-0.25, -0.2) is 0 Å². The molecule has 1 aliphatic carbocycles. The molecule has 1 aliphatic rings. The van der Waals surface area contributed by atoms with Gasteiger partial charge in [0.2, 0.25) is 0 Å². The van der Waals surface area contributed by atoms with Crippen molar-refractivity contribution in [1.82, 2.24) is 10.3 Å². The number of carbonyl (C=O) groups excluding carboxylic acids is 1. The first kappa shape index (κ1) is 22.8. The number of hydrogen-bond donors (Lipinski definition) is 2. The number of ether oxygens (including phenoxy) is 1. The number of nitrogens with one attached hydrogen (secondary N) is 1. The standard InChI is InChI=1S/C17H18F2N2O2.C2H3F3O/c18-17(19)23-14-7-6-11-8-12(10-20-15(11)9-14)16(22)21-13-4-2-1-3-5-13;3-2(4,5)1-6/h6-10,13,17H,1-5H2,(H,21,22);6H,1H2. The summed E-state index contributed by atoms with van der Waals surface area (Å²) in [6, 6.07) is 6.45. The Morgan fingerprint density at radius 3 is 2.45 bits per heavy atom. The third kappa shape index (κ3) is 7.80. The van der Waals surface area contributed by atoms with Gasteiger partial charge in [-0.1, -0.05) is 19.3 Å². The minimum absolute atomic E-state index is 0.0550. The van der Waals surface area contributed by atoms with Gasteiger partial charge in [0.25, 0.3) is 5.91 Å². The molecule has 1 aromatic carbocycles. The molecule has 29 heavy (non-hydrogen) atoms. The van der Waals surface area contributed by atoms with Gasteiger partial charge in [-0.2, -0.15) is 22.0 Å². The quantitative estimate of drug-likeness (QED) is 0.718. The third-order valence-corrected chi connectivity index (χ3v) is 4.26. The molecule has 10 heteroatoms. The van der Waals surface area contributed by atoms with E-state index < -0.39 is 19.4 Å². The molecule has 2 N–H and O–H groups in total. The van der Waals surface area contributed by atoms with Crippen LogP contribution in [0.4, 0.5) is 22.0 Å². The van der Waals surface area contributed by atoms with Gasteiger partial charge >= 0.3 is 12.8 Å². The largest absolute Gasteiger partial charge is 0.435 e. The molecule has 1 fully saturated rings. The Kier molecular flexibility index (Phi) is 8.12. The zero-order chi connectivity index (χ0) is 21.4. The van der Waals surface area contributed by atoms with E-state index in [0.717, 1.165) is 25.7 Å². The van der Waals surface area contributed by atoms with Crippen molar-refractivity contribution in [3.63, 3.8) is 0 Å². The van der Waals surface area contributed by atoms with Crippen LogP contribution in [0.15, 0.2) is 30.5 Å². The van der Waals surface area contributed by atoms with E-state index in [4.69, 9.17) is 5.11 Å². The van der Waals surface area contributed by atoms with Gasteiger partial charge in [-0.3, -0.25) is 9.78 Å². The molecule has 0 saturated heterocycles. The second kappa shape index (κ2) is 10.3. The number of pyridine rings is 1. The maximum atomic E-state index is 12.3. The molecule has 0 radical (unpaired) electrons. The topological polar surface area (TPSA) is 71.5 Å². The van der Waals surface area contributed by atoms with Gasteiger partial charge in [0, 0.05) is 23.7 Å². The van der Waals surface area contributed by atoms with Crippen LogP contribution in [0.2, 0.25) is 0 Å². The fourth-order valence-corrected chi connectivity index (χ4v) is 2.92. The van der Waals surface area contributed by atoms with Crippen molar-refractivity contribution in [3.8, 4) is 5.75 Å². The molecule has 3 rings (SSSR count). The highest BCUT2D eigenvalue weighted by Crippen LogP contribution is 2.22. The molecule has 1 amide bonds. The lowest BCUT2D eigenvalue weighted by Crippen LogP contribution is -2.36. The Bertz CT molecular complexity index is 808. The predicted molar refractivity (Wildman–Crippen MR) is 95.9 cm³/mol. The maximum absolute atomic E-state index is 12.3. The number of amides is 1. The molecular weight excluding hydrogens is 399 g/mol. The number of benzene rings is 1. The number of carbonyl (C=O) groups is 1. The van der Waals surface area contributed by atoms with Crippen molar-refractivity contribution in [3.05, 3.63) is 36.0 Å². The minimum Gasteiger partial charge on any atom is -0.435 e. The molecule has 0 spiro atoms. The van der Waals surface area contributed by atoms with E-state index in [1.54, 1.807) is 12.1 Å². The molecule has 1 heterocycles. The van der Waals surface area contributed by atoms with Crippen molar-refractivity contribution in [2.75, 3.05) is 6.61 Å². The number of halogens is 5. The zero-order valence-electron chi connectivity index (χ0n) is 15.4. The van der Waals surface area contributed by atoms with Gasteiger partial charge in [-0.15, -0.1) is 0 Å². The van der Waals surface area contributed by atoms with Gasteiger partial charge in [0.15, 0.2) is 0 Å². The van der Waals surface area contributed by atoms with Crippen LogP contribution in [-0.4, -0.2) is 41.4 Å². The van der Waals surface area contributed by atoms with Crippen molar-refractivity contribution >= 4 is 16.8 Å². The summed E-state index contributed by atoms with van der Waals surface area (Å²) in [5.41, 5.74) is 0.989. The molecular formula is C19H21F5N2O3. The molecule has 0 bridgehead atoms. The summed E-state index contributed by atoms with van der Waals surface area (Å²) in [6.07, 6.45) is 2.61. The summed E-state index contributed by atoms with van der Waals surface area (Å²) >= 11 is 0. The zero-order valence-corrected chi connectivity index (χ0v) is 15.4. The predicted octanol–water partition coefficient (Wildman–Crippen LogP) is 4.44. The Morgan fingerprint density at radius 2 is 1.86 bits per heavy atom. The smallest absolute Gasteiger partial charge is 0.411 e. The Hall–Kier alpha value is -2.49. The second-order valence-electron chi connectivity index (χ2n) is 6.54. The second-order valence-corrected chi connectivity index (χ2v) is 6.54. The fourth-order valence-electron chi connectivity index (χ4n) is 2.92. The maximum Gasteiger partial charge on any atom is 0.411 e. The van der Waals surface area contributed by atoms with E-state index in [1.165, 1.54) is 24.8 Å². The average Bonchev–Trinajstić information content (AvgIpc) is 2.68. The number of hydrogen-bond acceptors (Lipinski definition) is 4. The number of aromatic nitrogens is 1. The summed E-state index contributed by atoms with van der Waals surface area (Å²) in [6.45, 7) is -4.60. The van der Waals surface area contributed by atoms with Crippen LogP contribution < -0.4 is 10.1 Å². The SMILES string of the molecule is O=C(NC1CCCCC1)c1cnc2cc(OC(F)F)ccc2c1.OCC(F)(F)F. The van der Waals surface area contributed by atoms with Gasteiger partial charge in [-0.05, 0) is 31.0 Å². The van der Waals surface area contributed by atoms with Crippen molar-refractivity contribution in [1.29, 1.82) is 0 Å². The third-order valence-electron chi connectivity index (χ3n) is 4.26. The number of aliphatic hydroxyl groups is 1. The number of nitrogens with zero attached hydrogens (tertiary/aromatic N) is 1. The first-order chi connectivity index (χ1) is 13.7. The first-order valence-corrected chi connectivity index (χ1v) is 9.01. The molecule has 0 unspecified atom stereocenters. The Labute approximate surface area is 163 Å². The Balaban J connectivity index is 0.000000438. The van der Waals surface area contributed by atoms with E-state index in [2.05, 4.69) is 15.0 Å². The average molecular weight is 420 g/mol. The van der Waals surface area contributed by atoms with Crippen molar-refractivity contribution in [2.24, 2.45) is 0 Å². The molecule has 0 aliphatic heterocycles. The Morgan fingerprint density at radius 1 is 1.21 bits per heavy atom. The van der Waals surface area contributed by atoms with Crippen LogP contribution in [0.25, 0.3) is 10.9 Å². The van der Waals surface area contributed by atoms with Crippen LogP contribution >= 0.6 is 0 Å². The normalized spacial score (nSPS) is 15.0. The van der Waals surface area contributed by atoms with Crippen molar-refractivity contribution < 1.29 is 36.6 Å². The summed E-state index contributed by atoms with van der Waals surface area (Å²) in [4.78, 5) is 16.5. The van der Waals surface area contributed by atoms with E-state index >= 15 is 0 Å². The van der Waals surface area contributed by atoms with Crippen LogP contribution in [0.1, 0.15) is 42.5 Å². The molecule has 160 valence electrons. The highest BCUT2D eigenvalue weighted by Gasteiger charge is 2.24. The lowest BCUT2D eigenvalue weighted by molar-refractivity contribution is -0.159. The summed E-state index contributed by atoms with van der Waals surface area (Å²) in [7, 11) is 0. The molecule has 5 nitrogen and oxygen atoms in total. The van der Waals surface area contributed by atoms with E-state index in [-0.39, 0.29) is 17.7 Å². The lowest BCUT2D eigenvalue weighted by atomic mass is 9.95. The number of aliphatic hydroxyl groups excluding tert-OH is 1. The summed E-state index contributed by atoms with van der Waals surface area (Å²) in [5.74, 6) is -0.0846. The van der Waals surface area contributed by atoms with Gasteiger partial charge in [0.1, 0.15) is 12.4 Å². The summed E-state index contributed by atoms with van der Waals surface area (Å²) < 4.78 is 60.4. The van der Waals surface area contributed by atoms with Gasteiger partial charge < -0.3 is 15.2 Å².